The van der Waals surface area contributed by atoms with Gasteiger partial charge in [0, 0.05) is 18.7 Å². The molecule has 0 aliphatic carbocycles. The summed E-state index contributed by atoms with van der Waals surface area (Å²) in [5, 5.41) is 13.3. The van der Waals surface area contributed by atoms with E-state index in [1.54, 1.807) is 0 Å². The molecule has 0 aliphatic heterocycles. The highest BCUT2D eigenvalue weighted by Gasteiger charge is 2.07. The number of nitrogens with one attached hydrogen (secondary N) is 1. The molecule has 2 aromatic rings. The fourth-order valence-electron chi connectivity index (χ4n) is 2.05. The molecule has 0 amide bonds. The van der Waals surface area contributed by atoms with Gasteiger partial charge in [0.2, 0.25) is 0 Å². The summed E-state index contributed by atoms with van der Waals surface area (Å²) < 4.78 is 5.49. The summed E-state index contributed by atoms with van der Waals surface area (Å²) in [5.74, 6) is 3.23. The first-order valence-electron chi connectivity index (χ1n) is 6.89. The zero-order valence-corrected chi connectivity index (χ0v) is 13.1. The molecule has 2 rings (SSSR count). The zero-order chi connectivity index (χ0) is 14.9. The summed E-state index contributed by atoms with van der Waals surface area (Å²) in [6.07, 6.45) is 4.68. The van der Waals surface area contributed by atoms with Gasteiger partial charge in [0.1, 0.15) is 12.4 Å². The third kappa shape index (κ3) is 5.42. The van der Waals surface area contributed by atoms with Crippen LogP contribution in [-0.4, -0.2) is 18.3 Å². The van der Waals surface area contributed by atoms with Crippen LogP contribution in [0.4, 0.5) is 0 Å². The highest BCUT2D eigenvalue weighted by molar-refractivity contribution is 5.85. The van der Waals surface area contributed by atoms with Crippen LogP contribution < -0.4 is 10.1 Å². The lowest BCUT2D eigenvalue weighted by molar-refractivity contribution is 0.174. The molecule has 0 spiro atoms. The molecule has 0 aromatic heterocycles. The maximum absolute atomic E-state index is 10.1. The Morgan fingerprint density at radius 1 is 1.09 bits per heavy atom. The molecule has 0 bridgehead atoms. The van der Waals surface area contributed by atoms with Gasteiger partial charge >= 0.3 is 0 Å². The van der Waals surface area contributed by atoms with Crippen molar-refractivity contribution in [1.82, 2.24) is 5.32 Å². The van der Waals surface area contributed by atoms with E-state index in [0.717, 1.165) is 16.9 Å². The van der Waals surface area contributed by atoms with Crippen LogP contribution >= 0.6 is 12.4 Å². The molecule has 2 N–H and O–H groups in total. The Morgan fingerprint density at radius 3 is 2.50 bits per heavy atom. The van der Waals surface area contributed by atoms with Crippen molar-refractivity contribution < 1.29 is 9.84 Å². The van der Waals surface area contributed by atoms with Gasteiger partial charge in [0.05, 0.1) is 6.10 Å². The predicted octanol–water partition coefficient (Wildman–Crippen LogP) is 2.94. The van der Waals surface area contributed by atoms with Gasteiger partial charge in [-0.15, -0.1) is 18.8 Å². The van der Waals surface area contributed by atoms with E-state index in [0.29, 0.717) is 13.1 Å². The van der Waals surface area contributed by atoms with Crippen molar-refractivity contribution in [2.24, 2.45) is 0 Å². The van der Waals surface area contributed by atoms with Crippen molar-refractivity contribution >= 4 is 12.4 Å². The van der Waals surface area contributed by atoms with Crippen molar-refractivity contribution in [1.29, 1.82) is 0 Å². The van der Waals surface area contributed by atoms with Gasteiger partial charge in [-0.3, -0.25) is 0 Å². The van der Waals surface area contributed by atoms with Crippen molar-refractivity contribution in [2.45, 2.75) is 12.6 Å². The Kier molecular flexibility index (Phi) is 8.09. The molecule has 1 atom stereocenters. The minimum Gasteiger partial charge on any atom is -0.481 e. The van der Waals surface area contributed by atoms with Crippen LogP contribution in [0.15, 0.2) is 54.6 Å². The normalized spacial score (nSPS) is 11.1. The Balaban J connectivity index is 0.00000242. The van der Waals surface area contributed by atoms with E-state index < -0.39 is 6.10 Å². The first-order chi connectivity index (χ1) is 10.3. The van der Waals surface area contributed by atoms with Crippen LogP contribution in [0, 0.1) is 12.3 Å². The molecule has 3 nitrogen and oxygen atoms in total. The Morgan fingerprint density at radius 2 is 1.77 bits per heavy atom. The van der Waals surface area contributed by atoms with Gasteiger partial charge in [0.25, 0.3) is 0 Å². The Bertz CT molecular complexity index is 596. The molecular formula is C18H20ClNO2. The monoisotopic (exact) mass is 317 g/mol. The second-order valence-corrected chi connectivity index (χ2v) is 4.66. The molecule has 4 heteroatoms. The summed E-state index contributed by atoms with van der Waals surface area (Å²) in [6.45, 7) is 1.35. The number of terminal acetylenes is 1. The van der Waals surface area contributed by atoms with Gasteiger partial charge in [0.15, 0.2) is 0 Å². The van der Waals surface area contributed by atoms with E-state index >= 15 is 0 Å². The number of hydrogen-bond acceptors (Lipinski definition) is 3. The molecule has 0 saturated carbocycles. The highest BCUT2D eigenvalue weighted by Crippen LogP contribution is 2.18. The van der Waals surface area contributed by atoms with Crippen molar-refractivity contribution in [3.8, 4) is 18.1 Å². The summed E-state index contributed by atoms with van der Waals surface area (Å²) in [7, 11) is 0. The van der Waals surface area contributed by atoms with Crippen molar-refractivity contribution in [3.05, 3.63) is 65.7 Å². The fraction of sp³-hybridized carbons (Fsp3) is 0.222. The van der Waals surface area contributed by atoms with Crippen LogP contribution in [0.25, 0.3) is 0 Å². The van der Waals surface area contributed by atoms with Gasteiger partial charge in [-0.2, -0.15) is 0 Å². The van der Waals surface area contributed by atoms with E-state index in [2.05, 4.69) is 11.2 Å². The SMILES string of the molecule is C#CCOc1ccccc1CNCC(O)c1ccccc1.Cl. The molecule has 0 fully saturated rings. The lowest BCUT2D eigenvalue weighted by Crippen LogP contribution is -2.21. The molecule has 0 aliphatic rings. The largest absolute Gasteiger partial charge is 0.481 e. The van der Waals surface area contributed by atoms with Crippen LogP contribution in [0.2, 0.25) is 0 Å². The van der Waals surface area contributed by atoms with Gasteiger partial charge in [-0.1, -0.05) is 54.5 Å². The summed E-state index contributed by atoms with van der Waals surface area (Å²) >= 11 is 0. The Hall–Kier alpha value is -1.99. The first-order valence-corrected chi connectivity index (χ1v) is 6.89. The third-order valence-electron chi connectivity index (χ3n) is 3.12. The molecule has 1 unspecified atom stereocenters. The zero-order valence-electron chi connectivity index (χ0n) is 12.2. The van der Waals surface area contributed by atoms with E-state index in [9.17, 15) is 5.11 Å². The van der Waals surface area contributed by atoms with Gasteiger partial charge in [-0.25, -0.2) is 0 Å². The molecule has 2 aromatic carbocycles. The van der Waals surface area contributed by atoms with E-state index in [-0.39, 0.29) is 19.0 Å². The molecule has 0 saturated heterocycles. The average Bonchev–Trinajstić information content (AvgIpc) is 2.54. The number of halogens is 1. The number of aliphatic hydroxyl groups excluding tert-OH is 1. The van der Waals surface area contributed by atoms with Crippen LogP contribution in [0.1, 0.15) is 17.2 Å². The summed E-state index contributed by atoms with van der Waals surface area (Å²) in [6, 6.07) is 17.3. The second-order valence-electron chi connectivity index (χ2n) is 4.66. The summed E-state index contributed by atoms with van der Waals surface area (Å²) in [5.41, 5.74) is 1.93. The lowest BCUT2D eigenvalue weighted by atomic mass is 10.1. The number of aliphatic hydroxyl groups is 1. The number of benzene rings is 2. The minimum absolute atomic E-state index is 0. The van der Waals surface area contributed by atoms with E-state index in [1.807, 2.05) is 54.6 Å². The van der Waals surface area contributed by atoms with Crippen molar-refractivity contribution in [3.63, 3.8) is 0 Å². The van der Waals surface area contributed by atoms with Gasteiger partial charge in [-0.05, 0) is 11.6 Å². The number of hydrogen-bond donors (Lipinski definition) is 2. The fourth-order valence-corrected chi connectivity index (χ4v) is 2.05. The average molecular weight is 318 g/mol. The van der Waals surface area contributed by atoms with Crippen LogP contribution in [0.3, 0.4) is 0 Å². The maximum Gasteiger partial charge on any atom is 0.148 e. The molecule has 0 radical (unpaired) electrons. The third-order valence-corrected chi connectivity index (χ3v) is 3.12. The minimum atomic E-state index is -0.523. The standard InChI is InChI=1S/C18H19NO2.ClH/c1-2-12-21-18-11-7-6-10-16(18)13-19-14-17(20)15-8-4-3-5-9-15;/h1,3-11,17,19-20H,12-14H2;1H. The van der Waals surface area contributed by atoms with E-state index in [1.165, 1.54) is 0 Å². The Labute approximate surface area is 137 Å². The smallest absolute Gasteiger partial charge is 0.148 e. The van der Waals surface area contributed by atoms with Crippen LogP contribution in [0.5, 0.6) is 5.75 Å². The maximum atomic E-state index is 10.1. The molecular weight excluding hydrogens is 298 g/mol. The second kappa shape index (κ2) is 9.86. The topological polar surface area (TPSA) is 41.5 Å². The number of rotatable bonds is 7. The molecule has 116 valence electrons. The van der Waals surface area contributed by atoms with E-state index in [4.69, 9.17) is 11.2 Å². The first kappa shape index (κ1) is 18.1. The van der Waals surface area contributed by atoms with Crippen LogP contribution in [-0.2, 0) is 6.54 Å². The molecule has 0 heterocycles. The predicted molar refractivity (Wildman–Crippen MR) is 91.1 cm³/mol. The lowest BCUT2D eigenvalue weighted by Gasteiger charge is -2.14. The van der Waals surface area contributed by atoms with Crippen molar-refractivity contribution in [2.75, 3.05) is 13.2 Å². The number of para-hydroxylation sites is 1. The number of ether oxygens (including phenoxy) is 1. The quantitative estimate of drug-likeness (QED) is 0.772. The molecule has 22 heavy (non-hydrogen) atoms. The summed E-state index contributed by atoms with van der Waals surface area (Å²) in [4.78, 5) is 0. The highest BCUT2D eigenvalue weighted by atomic mass is 35.5. The van der Waals surface area contributed by atoms with Gasteiger partial charge < -0.3 is 15.2 Å².